The van der Waals surface area contributed by atoms with Gasteiger partial charge in [-0.1, -0.05) is 0 Å². The van der Waals surface area contributed by atoms with E-state index in [0.717, 1.165) is 25.3 Å². The number of alkyl halides is 3. The number of halogens is 7. The van der Waals surface area contributed by atoms with Crippen LogP contribution in [-0.4, -0.2) is 32.9 Å². The first-order valence-electron chi connectivity index (χ1n) is 8.72. The van der Waals surface area contributed by atoms with Crippen LogP contribution >= 0.6 is 22.6 Å². The molecule has 0 heterocycles. The highest BCUT2D eigenvalue weighted by atomic mass is 127. The molecule has 1 aliphatic rings. The molecule has 1 aliphatic carbocycles. The van der Waals surface area contributed by atoms with Gasteiger partial charge in [-0.3, -0.25) is 14.4 Å². The average molecular weight is 594 g/mol. The van der Waals surface area contributed by atoms with E-state index in [4.69, 9.17) is 4.74 Å². The van der Waals surface area contributed by atoms with Crippen molar-refractivity contribution < 1.29 is 44.3 Å². The van der Waals surface area contributed by atoms with Crippen molar-refractivity contribution in [1.29, 1.82) is 0 Å². The molecule has 2 aromatic carbocycles. The van der Waals surface area contributed by atoms with E-state index in [-0.39, 0.29) is 16.4 Å². The van der Waals surface area contributed by atoms with Gasteiger partial charge in [-0.05, 0) is 53.6 Å². The van der Waals surface area contributed by atoms with Crippen LogP contribution in [0.5, 0.6) is 5.75 Å². The lowest BCUT2D eigenvalue weighted by molar-refractivity contribution is -0.169. The Bertz CT molecular complexity index is 1180. The largest absolute Gasteiger partial charge is 0.494 e. The van der Waals surface area contributed by atoms with Crippen molar-refractivity contribution in [3.05, 3.63) is 45.3 Å². The third-order valence-corrected chi connectivity index (χ3v) is 6.91. The van der Waals surface area contributed by atoms with Crippen molar-refractivity contribution in [2.24, 2.45) is 0 Å². The molecule has 1 fully saturated rings. The number of ether oxygens (including phenoxy) is 1. The summed E-state index contributed by atoms with van der Waals surface area (Å²) in [7, 11) is -3.33. The Morgan fingerprint density at radius 1 is 1.16 bits per heavy atom. The third-order valence-electron chi connectivity index (χ3n) is 4.41. The number of amides is 1. The minimum Gasteiger partial charge on any atom is -0.494 e. The van der Waals surface area contributed by atoms with Gasteiger partial charge in [0.25, 0.3) is 0 Å². The van der Waals surface area contributed by atoms with Gasteiger partial charge in [0, 0.05) is 9.64 Å². The van der Waals surface area contributed by atoms with Gasteiger partial charge >= 0.3 is 12.1 Å². The van der Waals surface area contributed by atoms with Crippen LogP contribution in [0, 0.1) is 21.0 Å². The topological polar surface area (TPSA) is 75.7 Å². The number of nitrogens with one attached hydrogen (secondary N) is 1. The molecule has 6 nitrogen and oxygen atoms in total. The van der Waals surface area contributed by atoms with E-state index < -0.39 is 72.5 Å². The van der Waals surface area contributed by atoms with Gasteiger partial charge < -0.3 is 4.74 Å². The SMILES string of the molecule is COc1cc(F)c(F)c(N(C(=O)C(F)(F)F)c2ccc(I)cc2F)c1NS(=O)(=O)C1CC1. The second kappa shape index (κ2) is 8.61. The van der Waals surface area contributed by atoms with E-state index in [1.807, 2.05) is 4.72 Å². The number of hydrogen-bond acceptors (Lipinski definition) is 4. The summed E-state index contributed by atoms with van der Waals surface area (Å²) in [6.07, 6.45) is -5.20. The number of sulfonamides is 1. The lowest BCUT2D eigenvalue weighted by Gasteiger charge is -2.28. The van der Waals surface area contributed by atoms with Gasteiger partial charge in [-0.15, -0.1) is 0 Å². The normalized spacial score (nSPS) is 14.2. The molecule has 0 atom stereocenters. The number of anilines is 3. The quantitative estimate of drug-likeness (QED) is 0.384. The molecule has 0 aromatic heterocycles. The summed E-state index contributed by atoms with van der Waals surface area (Å²) < 4.78 is 116. The summed E-state index contributed by atoms with van der Waals surface area (Å²) in [5, 5.41) is -0.921. The summed E-state index contributed by atoms with van der Waals surface area (Å²) in [6.45, 7) is 0. The number of nitrogens with zero attached hydrogens (tertiary/aromatic N) is 1. The lowest BCUT2D eigenvalue weighted by atomic mass is 10.1. The van der Waals surface area contributed by atoms with Crippen LogP contribution in [0.15, 0.2) is 24.3 Å². The average Bonchev–Trinajstić information content (AvgIpc) is 3.53. The molecule has 0 unspecified atom stereocenters. The van der Waals surface area contributed by atoms with Crippen LogP contribution < -0.4 is 14.4 Å². The van der Waals surface area contributed by atoms with E-state index in [9.17, 15) is 39.6 Å². The molecule has 14 heteroatoms. The fourth-order valence-corrected chi connectivity index (χ4v) is 4.64. The van der Waals surface area contributed by atoms with Crippen LogP contribution in [-0.2, 0) is 14.8 Å². The second-order valence-corrected chi connectivity index (χ2v) is 9.89. The maximum absolute atomic E-state index is 14.9. The highest BCUT2D eigenvalue weighted by Gasteiger charge is 2.47. The summed E-state index contributed by atoms with van der Waals surface area (Å²) >= 11 is 1.64. The zero-order chi connectivity index (χ0) is 24.0. The van der Waals surface area contributed by atoms with Crippen molar-refractivity contribution >= 4 is 55.6 Å². The maximum Gasteiger partial charge on any atom is 0.472 e. The number of benzene rings is 2. The van der Waals surface area contributed by atoms with E-state index in [1.54, 1.807) is 22.6 Å². The Morgan fingerprint density at radius 3 is 2.28 bits per heavy atom. The van der Waals surface area contributed by atoms with E-state index >= 15 is 0 Å². The predicted molar refractivity (Wildman–Crippen MR) is 111 cm³/mol. The monoisotopic (exact) mass is 594 g/mol. The van der Waals surface area contributed by atoms with E-state index in [1.165, 1.54) is 0 Å². The molecule has 0 aliphatic heterocycles. The Balaban J connectivity index is 2.36. The zero-order valence-corrected chi connectivity index (χ0v) is 18.9. The molecule has 1 saturated carbocycles. The first-order chi connectivity index (χ1) is 14.8. The lowest BCUT2D eigenvalue weighted by Crippen LogP contribution is -2.39. The molecule has 174 valence electrons. The minimum atomic E-state index is -5.66. The Morgan fingerprint density at radius 2 is 1.78 bits per heavy atom. The first kappa shape index (κ1) is 24.4. The van der Waals surface area contributed by atoms with Gasteiger partial charge in [0.15, 0.2) is 11.6 Å². The molecule has 1 amide bonds. The maximum atomic E-state index is 14.9. The van der Waals surface area contributed by atoms with Crippen LogP contribution in [0.3, 0.4) is 0 Å². The van der Waals surface area contributed by atoms with E-state index in [0.29, 0.717) is 6.07 Å². The molecule has 0 bridgehead atoms. The van der Waals surface area contributed by atoms with Crippen molar-refractivity contribution in [2.45, 2.75) is 24.3 Å². The van der Waals surface area contributed by atoms with E-state index in [2.05, 4.69) is 0 Å². The summed E-state index contributed by atoms with van der Waals surface area (Å²) in [6, 6.07) is 3.02. The summed E-state index contributed by atoms with van der Waals surface area (Å²) in [5.74, 6) is -8.63. The summed E-state index contributed by atoms with van der Waals surface area (Å²) in [5.41, 5.74) is -3.55. The van der Waals surface area contributed by atoms with Gasteiger partial charge in [0.1, 0.15) is 22.9 Å². The fourth-order valence-electron chi connectivity index (χ4n) is 2.78. The standard InChI is InChI=1S/C18H13F6IN2O4S/c1-31-13-7-11(20)14(21)16(15(13)26-32(29,30)9-3-4-9)27(17(28)18(22,23)24)12-5-2-8(25)6-10(12)19/h2,5-7,9,26H,3-4H2,1H3. The zero-order valence-electron chi connectivity index (χ0n) is 15.9. The van der Waals surface area contributed by atoms with Crippen LogP contribution in [0.25, 0.3) is 0 Å². The van der Waals surface area contributed by atoms with Crippen molar-refractivity contribution in [3.63, 3.8) is 0 Å². The number of carbonyl (C=O) groups is 1. The number of hydrogen-bond donors (Lipinski definition) is 1. The minimum absolute atomic E-state index is 0.230. The fraction of sp³-hybridized carbons (Fsp3) is 0.278. The Kier molecular flexibility index (Phi) is 6.57. The number of rotatable bonds is 6. The van der Waals surface area contributed by atoms with Gasteiger partial charge in [0.05, 0.1) is 18.0 Å². The second-order valence-electron chi connectivity index (χ2n) is 6.68. The van der Waals surface area contributed by atoms with Gasteiger partial charge in [0.2, 0.25) is 10.0 Å². The molecule has 0 saturated heterocycles. The van der Waals surface area contributed by atoms with Crippen molar-refractivity contribution in [3.8, 4) is 5.75 Å². The van der Waals surface area contributed by atoms with Crippen molar-refractivity contribution in [1.82, 2.24) is 0 Å². The molecule has 0 radical (unpaired) electrons. The summed E-state index contributed by atoms with van der Waals surface area (Å²) in [4.78, 5) is 11.8. The van der Waals surface area contributed by atoms with Gasteiger partial charge in [-0.25, -0.2) is 21.6 Å². The van der Waals surface area contributed by atoms with Crippen LogP contribution in [0.4, 0.5) is 43.4 Å². The molecule has 1 N–H and O–H groups in total. The molecule has 2 aromatic rings. The predicted octanol–water partition coefficient (Wildman–Crippen LogP) is 4.85. The van der Waals surface area contributed by atoms with Crippen LogP contribution in [0.2, 0.25) is 0 Å². The molecule has 32 heavy (non-hydrogen) atoms. The smallest absolute Gasteiger partial charge is 0.472 e. The number of carbonyl (C=O) groups excluding carboxylic acids is 1. The molecular formula is C18H13F6IN2O4S. The molecule has 0 spiro atoms. The third kappa shape index (κ3) is 4.74. The Labute approximate surface area is 191 Å². The highest BCUT2D eigenvalue weighted by Crippen LogP contribution is 2.46. The Hall–Kier alpha value is -2.23. The van der Waals surface area contributed by atoms with Crippen molar-refractivity contribution in [2.75, 3.05) is 16.7 Å². The number of methoxy groups -OCH3 is 1. The van der Waals surface area contributed by atoms with Gasteiger partial charge in [-0.2, -0.15) is 13.2 Å². The highest BCUT2D eigenvalue weighted by molar-refractivity contribution is 14.1. The molecular weight excluding hydrogens is 581 g/mol. The first-order valence-corrected chi connectivity index (χ1v) is 11.3. The van der Waals surface area contributed by atoms with Crippen LogP contribution in [0.1, 0.15) is 12.8 Å². The molecule has 3 rings (SSSR count).